The molecule has 1 aromatic heterocycles. The molecule has 0 saturated heterocycles. The van der Waals surface area contributed by atoms with Gasteiger partial charge in [0.05, 0.1) is 13.8 Å². The number of aromatic nitrogens is 1. The third kappa shape index (κ3) is 2.98. The molecule has 1 unspecified atom stereocenters. The van der Waals surface area contributed by atoms with Gasteiger partial charge in [-0.1, -0.05) is 85.5 Å². The first-order chi connectivity index (χ1) is 12.0. The molecule has 0 saturated carbocycles. The molecule has 1 aliphatic rings. The predicted octanol–water partition coefficient (Wildman–Crippen LogP) is 5.45. The van der Waals surface area contributed by atoms with Crippen LogP contribution in [0.5, 0.6) is 0 Å². The average Bonchev–Trinajstić information content (AvgIpc) is 3.06. The first-order valence-electron chi connectivity index (χ1n) is 8.87. The molecule has 0 bridgehead atoms. The number of pyridine rings is 1. The van der Waals surface area contributed by atoms with Crippen LogP contribution in [0.2, 0.25) is 19.6 Å². The van der Waals surface area contributed by atoms with E-state index in [-0.39, 0.29) is 5.92 Å². The summed E-state index contributed by atoms with van der Waals surface area (Å²) in [5.74, 6) is 0.261. The lowest BCUT2D eigenvalue weighted by molar-refractivity contribution is 0.972. The maximum Gasteiger partial charge on any atom is 0.0775 e. The quantitative estimate of drug-likeness (QED) is 0.577. The van der Waals surface area contributed by atoms with Crippen LogP contribution in [0, 0.1) is 0 Å². The highest BCUT2D eigenvalue weighted by Crippen LogP contribution is 2.39. The Hall–Kier alpha value is -2.45. The Morgan fingerprint density at radius 2 is 1.64 bits per heavy atom. The average molecular weight is 342 g/mol. The summed E-state index contributed by atoms with van der Waals surface area (Å²) in [4.78, 5) is 4.55. The van der Waals surface area contributed by atoms with Gasteiger partial charge in [-0.25, -0.2) is 0 Å². The monoisotopic (exact) mass is 341 g/mol. The Kier molecular flexibility index (Phi) is 3.93. The summed E-state index contributed by atoms with van der Waals surface area (Å²) in [6, 6.07) is 22.0. The topological polar surface area (TPSA) is 12.9 Å². The highest BCUT2D eigenvalue weighted by molar-refractivity contribution is 6.88. The van der Waals surface area contributed by atoms with Crippen molar-refractivity contribution in [1.82, 2.24) is 4.98 Å². The van der Waals surface area contributed by atoms with Crippen LogP contribution in [0.4, 0.5) is 0 Å². The van der Waals surface area contributed by atoms with Gasteiger partial charge >= 0.3 is 0 Å². The minimum atomic E-state index is -1.26. The molecule has 0 fully saturated rings. The van der Waals surface area contributed by atoms with Gasteiger partial charge in [0.25, 0.3) is 0 Å². The van der Waals surface area contributed by atoms with Gasteiger partial charge in [-0.15, -0.1) is 0 Å². The zero-order valence-electron chi connectivity index (χ0n) is 15.0. The summed E-state index contributed by atoms with van der Waals surface area (Å²) in [5, 5.41) is 1.51. The summed E-state index contributed by atoms with van der Waals surface area (Å²) in [6.45, 7) is 7.17. The van der Waals surface area contributed by atoms with Crippen LogP contribution in [0.1, 0.15) is 22.7 Å². The van der Waals surface area contributed by atoms with Crippen molar-refractivity contribution >= 4 is 19.3 Å². The molecule has 0 aliphatic heterocycles. The van der Waals surface area contributed by atoms with E-state index in [1.807, 2.05) is 12.3 Å². The van der Waals surface area contributed by atoms with Crippen molar-refractivity contribution in [3.05, 3.63) is 89.8 Å². The zero-order valence-corrected chi connectivity index (χ0v) is 16.0. The van der Waals surface area contributed by atoms with Gasteiger partial charge in [-0.3, -0.25) is 4.98 Å². The van der Waals surface area contributed by atoms with Gasteiger partial charge in [0, 0.05) is 12.1 Å². The molecule has 0 N–H and O–H groups in total. The van der Waals surface area contributed by atoms with E-state index in [1.54, 1.807) is 0 Å². The van der Waals surface area contributed by atoms with E-state index in [9.17, 15) is 0 Å². The highest BCUT2D eigenvalue weighted by Gasteiger charge is 2.22. The Bertz CT molecular complexity index is 919. The van der Waals surface area contributed by atoms with Crippen molar-refractivity contribution in [1.29, 1.82) is 0 Å². The maximum atomic E-state index is 4.55. The molecule has 1 heterocycles. The van der Waals surface area contributed by atoms with Crippen LogP contribution in [0.3, 0.4) is 0 Å². The molecule has 2 aromatic carbocycles. The van der Waals surface area contributed by atoms with E-state index in [2.05, 4.69) is 91.4 Å². The van der Waals surface area contributed by atoms with Crippen LogP contribution >= 0.6 is 0 Å². The van der Waals surface area contributed by atoms with E-state index < -0.39 is 8.07 Å². The second-order valence-electron chi connectivity index (χ2n) is 7.73. The number of rotatable bonds is 3. The standard InChI is InChI=1S/C23H23NSi/c1-25(2,3)18-12-10-17(11-13-18)19-7-6-8-20-21(19)14-15-22(20)23-9-4-5-16-24-23/h4-16,22H,1-3H3. The Morgan fingerprint density at radius 1 is 0.840 bits per heavy atom. The van der Waals surface area contributed by atoms with Crippen molar-refractivity contribution in [3.63, 3.8) is 0 Å². The lowest BCUT2D eigenvalue weighted by Gasteiger charge is -2.17. The van der Waals surface area contributed by atoms with Gasteiger partial charge in [0.1, 0.15) is 0 Å². The van der Waals surface area contributed by atoms with E-state index in [0.717, 1.165) is 5.69 Å². The SMILES string of the molecule is C[Si](C)(C)c1ccc(-c2cccc3c2C=CC3c2ccccn2)cc1. The second kappa shape index (κ2) is 6.12. The molecule has 25 heavy (non-hydrogen) atoms. The molecule has 4 rings (SSSR count). The van der Waals surface area contributed by atoms with Crippen LogP contribution < -0.4 is 5.19 Å². The Balaban J connectivity index is 1.75. The smallest absolute Gasteiger partial charge is 0.0775 e. The number of hydrogen-bond donors (Lipinski definition) is 0. The third-order valence-corrected chi connectivity index (χ3v) is 7.06. The van der Waals surface area contributed by atoms with Gasteiger partial charge in [-0.05, 0) is 34.4 Å². The summed E-state index contributed by atoms with van der Waals surface area (Å²) < 4.78 is 0. The number of allylic oxidation sites excluding steroid dienone is 1. The fourth-order valence-corrected chi connectivity index (χ4v) is 4.72. The van der Waals surface area contributed by atoms with E-state index in [4.69, 9.17) is 0 Å². The number of fused-ring (bicyclic) bond motifs is 1. The van der Waals surface area contributed by atoms with Gasteiger partial charge in [0.15, 0.2) is 0 Å². The van der Waals surface area contributed by atoms with Crippen molar-refractivity contribution in [3.8, 4) is 11.1 Å². The first-order valence-corrected chi connectivity index (χ1v) is 12.4. The Labute approximate surface area is 151 Å². The summed E-state index contributed by atoms with van der Waals surface area (Å²) in [6.07, 6.45) is 6.41. The Morgan fingerprint density at radius 3 is 2.32 bits per heavy atom. The van der Waals surface area contributed by atoms with E-state index in [1.165, 1.54) is 27.4 Å². The molecule has 1 nitrogen and oxygen atoms in total. The lowest BCUT2D eigenvalue weighted by atomic mass is 9.92. The van der Waals surface area contributed by atoms with Crippen LogP contribution in [0.15, 0.2) is 72.9 Å². The van der Waals surface area contributed by atoms with E-state index in [0.29, 0.717) is 0 Å². The van der Waals surface area contributed by atoms with E-state index >= 15 is 0 Å². The molecule has 0 amide bonds. The minimum absolute atomic E-state index is 0.261. The largest absolute Gasteiger partial charge is 0.260 e. The maximum absolute atomic E-state index is 4.55. The second-order valence-corrected chi connectivity index (χ2v) is 12.8. The minimum Gasteiger partial charge on any atom is -0.260 e. The van der Waals surface area contributed by atoms with Crippen LogP contribution in [-0.4, -0.2) is 13.1 Å². The molecule has 1 atom stereocenters. The highest BCUT2D eigenvalue weighted by atomic mass is 28.3. The number of hydrogen-bond acceptors (Lipinski definition) is 1. The molecular weight excluding hydrogens is 318 g/mol. The molecule has 3 aromatic rings. The normalized spacial score (nSPS) is 16.0. The summed E-state index contributed by atoms with van der Waals surface area (Å²) in [7, 11) is -1.26. The van der Waals surface area contributed by atoms with Crippen LogP contribution in [-0.2, 0) is 0 Å². The van der Waals surface area contributed by atoms with Crippen molar-refractivity contribution in [2.75, 3.05) is 0 Å². The molecule has 2 heteroatoms. The molecule has 0 radical (unpaired) electrons. The fraction of sp³-hybridized carbons (Fsp3) is 0.174. The molecule has 124 valence electrons. The third-order valence-electron chi connectivity index (χ3n) is 5.00. The van der Waals surface area contributed by atoms with Gasteiger partial charge < -0.3 is 0 Å². The molecule has 1 aliphatic carbocycles. The van der Waals surface area contributed by atoms with Gasteiger partial charge in [-0.2, -0.15) is 0 Å². The fourth-order valence-electron chi connectivity index (χ4n) is 3.56. The van der Waals surface area contributed by atoms with Crippen molar-refractivity contribution in [2.24, 2.45) is 0 Å². The summed E-state index contributed by atoms with van der Waals surface area (Å²) in [5.41, 5.74) is 6.41. The van der Waals surface area contributed by atoms with Crippen molar-refractivity contribution in [2.45, 2.75) is 25.6 Å². The molecule has 0 spiro atoms. The zero-order chi connectivity index (χ0) is 17.4. The lowest BCUT2D eigenvalue weighted by Crippen LogP contribution is -2.37. The first kappa shape index (κ1) is 16.0. The van der Waals surface area contributed by atoms with Crippen molar-refractivity contribution < 1.29 is 0 Å². The number of nitrogens with zero attached hydrogens (tertiary/aromatic N) is 1. The predicted molar refractivity (Wildman–Crippen MR) is 110 cm³/mol. The van der Waals surface area contributed by atoms with Crippen LogP contribution in [0.25, 0.3) is 17.2 Å². The molecular formula is C23H23NSi. The summed E-state index contributed by atoms with van der Waals surface area (Å²) >= 11 is 0. The number of benzene rings is 2. The van der Waals surface area contributed by atoms with Gasteiger partial charge in [0.2, 0.25) is 0 Å².